The van der Waals surface area contributed by atoms with Gasteiger partial charge in [0, 0.05) is 19.6 Å². The number of aromatic nitrogens is 2. The van der Waals surface area contributed by atoms with Crippen LogP contribution in [0.4, 0.5) is 18.9 Å². The summed E-state index contributed by atoms with van der Waals surface area (Å²) in [6.07, 6.45) is -2.27. The van der Waals surface area contributed by atoms with Crippen LogP contribution in [0.5, 0.6) is 0 Å². The zero-order valence-corrected chi connectivity index (χ0v) is 12.3. The van der Waals surface area contributed by atoms with Crippen molar-refractivity contribution in [2.45, 2.75) is 25.2 Å². The highest BCUT2D eigenvalue weighted by Crippen LogP contribution is 2.24. The van der Waals surface area contributed by atoms with E-state index in [1.54, 1.807) is 7.05 Å². The van der Waals surface area contributed by atoms with E-state index in [4.69, 9.17) is 0 Å². The Bertz CT molecular complexity index is 539. The van der Waals surface area contributed by atoms with Crippen LogP contribution in [-0.4, -0.2) is 42.1 Å². The zero-order chi connectivity index (χ0) is 14.9. The summed E-state index contributed by atoms with van der Waals surface area (Å²) >= 11 is 3.08. The number of nitrogens with one attached hydrogen (secondary N) is 1. The predicted octanol–water partition coefficient (Wildman–Crippen LogP) is 1.37. The molecule has 0 aliphatic carbocycles. The van der Waals surface area contributed by atoms with E-state index < -0.39 is 18.3 Å². The molecule has 2 heterocycles. The lowest BCUT2D eigenvalue weighted by Gasteiger charge is -2.26. The minimum Gasteiger partial charge on any atom is -0.368 e. The first-order valence-corrected chi connectivity index (χ1v) is 6.85. The number of hydrogen-bond acceptors (Lipinski definition) is 4. The molecule has 1 aromatic rings. The van der Waals surface area contributed by atoms with Gasteiger partial charge >= 0.3 is 6.18 Å². The summed E-state index contributed by atoms with van der Waals surface area (Å²) in [6.45, 7) is 0.263. The van der Waals surface area contributed by atoms with Crippen molar-refractivity contribution in [1.29, 1.82) is 0 Å². The molecule has 0 amide bonds. The molecule has 112 valence electrons. The van der Waals surface area contributed by atoms with Crippen molar-refractivity contribution in [2.24, 2.45) is 0 Å². The van der Waals surface area contributed by atoms with E-state index in [1.807, 2.05) is 4.90 Å². The van der Waals surface area contributed by atoms with Crippen LogP contribution in [0.1, 0.15) is 6.42 Å². The van der Waals surface area contributed by atoms with Gasteiger partial charge in [-0.3, -0.25) is 4.79 Å². The van der Waals surface area contributed by atoms with E-state index in [9.17, 15) is 18.0 Å². The predicted molar refractivity (Wildman–Crippen MR) is 71.9 cm³/mol. The smallest absolute Gasteiger partial charge is 0.368 e. The maximum absolute atomic E-state index is 12.3. The second-order valence-electron chi connectivity index (χ2n) is 4.68. The van der Waals surface area contributed by atoms with E-state index in [1.165, 1.54) is 6.20 Å². The molecule has 0 spiro atoms. The van der Waals surface area contributed by atoms with Crippen LogP contribution in [-0.2, 0) is 6.54 Å². The van der Waals surface area contributed by atoms with E-state index in [-0.39, 0.29) is 10.5 Å². The average Bonchev–Trinajstić information content (AvgIpc) is 2.87. The maximum Gasteiger partial charge on any atom is 0.408 e. The Morgan fingerprint density at radius 2 is 2.30 bits per heavy atom. The molecule has 1 fully saturated rings. The van der Waals surface area contributed by atoms with Gasteiger partial charge in [0.15, 0.2) is 0 Å². The van der Waals surface area contributed by atoms with Crippen LogP contribution >= 0.6 is 15.9 Å². The highest BCUT2D eigenvalue weighted by molar-refractivity contribution is 9.10. The summed E-state index contributed by atoms with van der Waals surface area (Å²) in [5.41, 5.74) is -0.278. The third-order valence-corrected chi connectivity index (χ3v) is 4.00. The van der Waals surface area contributed by atoms with Crippen LogP contribution in [0.2, 0.25) is 0 Å². The molecule has 0 bridgehead atoms. The Balaban J connectivity index is 2.28. The van der Waals surface area contributed by atoms with Crippen LogP contribution in [0.15, 0.2) is 15.5 Å². The standard InChI is InChI=1S/C11H14BrF3N4O/c1-18(7-2-3-16-4-7)8-5-17-19(6-11(13,14)15)10(20)9(8)12/h5,7,16H,2-4,6H2,1H3. The minimum absolute atomic E-state index is 0.103. The molecule has 1 saturated heterocycles. The second-order valence-corrected chi connectivity index (χ2v) is 5.47. The summed E-state index contributed by atoms with van der Waals surface area (Å²) in [7, 11) is 1.80. The third-order valence-electron chi connectivity index (χ3n) is 3.26. The lowest BCUT2D eigenvalue weighted by Crippen LogP contribution is -2.37. The van der Waals surface area contributed by atoms with E-state index in [0.717, 1.165) is 19.5 Å². The van der Waals surface area contributed by atoms with Gasteiger partial charge in [-0.1, -0.05) is 0 Å². The second kappa shape index (κ2) is 5.72. The molecule has 20 heavy (non-hydrogen) atoms. The number of likely N-dealkylation sites (N-methyl/N-ethyl adjacent to an activating group) is 1. The Morgan fingerprint density at radius 1 is 1.60 bits per heavy atom. The van der Waals surface area contributed by atoms with Gasteiger partial charge in [-0.2, -0.15) is 18.3 Å². The van der Waals surface area contributed by atoms with Gasteiger partial charge in [-0.15, -0.1) is 0 Å². The average molecular weight is 355 g/mol. The van der Waals surface area contributed by atoms with Gasteiger partial charge in [0.1, 0.15) is 11.0 Å². The van der Waals surface area contributed by atoms with Crippen LogP contribution in [0.25, 0.3) is 0 Å². The lowest BCUT2D eigenvalue weighted by molar-refractivity contribution is -0.143. The molecule has 1 atom stereocenters. The van der Waals surface area contributed by atoms with Gasteiger partial charge in [-0.05, 0) is 28.9 Å². The maximum atomic E-state index is 12.3. The molecule has 1 aliphatic rings. The Labute approximate surface area is 121 Å². The summed E-state index contributed by atoms with van der Waals surface area (Å²) < 4.78 is 37.5. The first kappa shape index (κ1) is 15.3. The largest absolute Gasteiger partial charge is 0.408 e. The summed E-state index contributed by atoms with van der Waals surface area (Å²) in [4.78, 5) is 13.8. The van der Waals surface area contributed by atoms with Crippen LogP contribution < -0.4 is 15.8 Å². The summed E-state index contributed by atoms with van der Waals surface area (Å²) in [5.74, 6) is 0. The summed E-state index contributed by atoms with van der Waals surface area (Å²) in [6, 6.07) is 0.200. The third kappa shape index (κ3) is 3.32. The SMILES string of the molecule is CN(c1cnn(CC(F)(F)F)c(=O)c1Br)C1CCNC1. The van der Waals surface area contributed by atoms with Crippen molar-refractivity contribution in [1.82, 2.24) is 15.1 Å². The van der Waals surface area contributed by atoms with Crippen molar-refractivity contribution in [3.05, 3.63) is 21.0 Å². The molecular formula is C11H14BrF3N4O. The fourth-order valence-electron chi connectivity index (χ4n) is 2.15. The summed E-state index contributed by atoms with van der Waals surface area (Å²) in [5, 5.41) is 6.80. The fourth-order valence-corrected chi connectivity index (χ4v) is 2.74. The fraction of sp³-hybridized carbons (Fsp3) is 0.636. The normalized spacial score (nSPS) is 19.4. The molecule has 0 aromatic carbocycles. The molecule has 1 unspecified atom stereocenters. The molecule has 0 saturated carbocycles. The molecule has 9 heteroatoms. The molecule has 1 aliphatic heterocycles. The molecular weight excluding hydrogens is 341 g/mol. The highest BCUT2D eigenvalue weighted by atomic mass is 79.9. The molecule has 1 aromatic heterocycles. The Morgan fingerprint density at radius 3 is 2.85 bits per heavy atom. The molecule has 5 nitrogen and oxygen atoms in total. The zero-order valence-electron chi connectivity index (χ0n) is 10.7. The number of hydrogen-bond donors (Lipinski definition) is 1. The van der Waals surface area contributed by atoms with Gasteiger partial charge in [0.05, 0.1) is 11.9 Å². The van der Waals surface area contributed by atoms with Crippen molar-refractivity contribution in [3.63, 3.8) is 0 Å². The number of anilines is 1. The van der Waals surface area contributed by atoms with E-state index in [2.05, 4.69) is 26.3 Å². The van der Waals surface area contributed by atoms with Crippen molar-refractivity contribution < 1.29 is 13.2 Å². The molecule has 2 rings (SSSR count). The van der Waals surface area contributed by atoms with Crippen LogP contribution in [0.3, 0.4) is 0 Å². The van der Waals surface area contributed by atoms with Gasteiger partial charge in [-0.25, -0.2) is 4.68 Å². The number of rotatable bonds is 3. The highest BCUT2D eigenvalue weighted by Gasteiger charge is 2.30. The van der Waals surface area contributed by atoms with Crippen molar-refractivity contribution in [2.75, 3.05) is 25.0 Å². The van der Waals surface area contributed by atoms with Crippen LogP contribution in [0, 0.1) is 0 Å². The molecule has 0 radical (unpaired) electrons. The number of alkyl halides is 3. The van der Waals surface area contributed by atoms with E-state index in [0.29, 0.717) is 10.4 Å². The first-order valence-electron chi connectivity index (χ1n) is 6.05. The number of nitrogens with zero attached hydrogens (tertiary/aromatic N) is 3. The monoisotopic (exact) mass is 354 g/mol. The number of halogens is 4. The first-order chi connectivity index (χ1) is 9.29. The topological polar surface area (TPSA) is 50.2 Å². The molecule has 1 N–H and O–H groups in total. The van der Waals surface area contributed by atoms with E-state index >= 15 is 0 Å². The van der Waals surface area contributed by atoms with Crippen molar-refractivity contribution >= 4 is 21.6 Å². The Hall–Kier alpha value is -1.09. The van der Waals surface area contributed by atoms with Crippen molar-refractivity contribution in [3.8, 4) is 0 Å². The Kier molecular flexibility index (Phi) is 4.38. The van der Waals surface area contributed by atoms with Gasteiger partial charge in [0.2, 0.25) is 0 Å². The quantitative estimate of drug-likeness (QED) is 0.890. The van der Waals surface area contributed by atoms with Gasteiger partial charge < -0.3 is 10.2 Å². The van der Waals surface area contributed by atoms with Gasteiger partial charge in [0.25, 0.3) is 5.56 Å². The minimum atomic E-state index is -4.47. The lowest BCUT2D eigenvalue weighted by atomic mass is 10.2.